The fraction of sp³-hybridized carbons (Fsp3) is 0.645. The molecule has 2 bridgehead atoms. The van der Waals surface area contributed by atoms with Gasteiger partial charge in [-0.15, -0.1) is 0 Å². The van der Waals surface area contributed by atoms with E-state index < -0.39 is 29.6 Å². The molecule has 0 aromatic heterocycles. The van der Waals surface area contributed by atoms with Crippen molar-refractivity contribution in [3.63, 3.8) is 0 Å². The van der Waals surface area contributed by atoms with Crippen LogP contribution in [0.15, 0.2) is 36.4 Å². The number of fused-ring (bicyclic) bond motifs is 1. The molecule has 5 aliphatic rings. The zero-order valence-corrected chi connectivity index (χ0v) is 24.6. The number of nitrogens with one attached hydrogen (secondary N) is 2. The van der Waals surface area contributed by atoms with E-state index in [1.165, 1.54) is 0 Å². The lowest BCUT2D eigenvalue weighted by atomic mass is 9.73. The van der Waals surface area contributed by atoms with Gasteiger partial charge in [0.2, 0.25) is 17.7 Å². The number of likely N-dealkylation sites (tertiary alicyclic amines) is 1. The Hall–Kier alpha value is -2.46. The second-order valence-electron chi connectivity index (χ2n) is 12.4. The first-order valence-corrected chi connectivity index (χ1v) is 15.5. The van der Waals surface area contributed by atoms with Gasteiger partial charge in [-0.05, 0) is 48.9 Å². The van der Waals surface area contributed by atoms with Gasteiger partial charge in [-0.2, -0.15) is 0 Å². The lowest BCUT2D eigenvalue weighted by molar-refractivity contribution is -0.141. The van der Waals surface area contributed by atoms with E-state index in [0.29, 0.717) is 42.3 Å². The molecule has 4 fully saturated rings. The predicted octanol–water partition coefficient (Wildman–Crippen LogP) is 3.09. The van der Waals surface area contributed by atoms with Crippen LogP contribution in [0.4, 0.5) is 5.69 Å². The van der Waals surface area contributed by atoms with Crippen molar-refractivity contribution in [2.45, 2.75) is 63.3 Å². The maximum absolute atomic E-state index is 14.2. The molecule has 1 saturated carbocycles. The molecule has 1 aliphatic carbocycles. The third-order valence-electron chi connectivity index (χ3n) is 10.0. The molecule has 222 valence electrons. The molecule has 0 radical (unpaired) electrons. The smallest absolute Gasteiger partial charge is 0.246 e. The first-order valence-electron chi connectivity index (χ1n) is 15.1. The standard InChI is InChI=1S/C31H41ClN4O5/c1-19-5-3-6-23(20(19)2)34-29(38)27-31-12-11-24(41-31)25(28(37)33-22-9-7-21(32)8-10-22)26(31)30(39)36(27)14-4-13-35-15-17-40-18-16-35/h7-12,19-20,23-27H,3-6,13-18H2,1-2H3,(H,33,37)(H,34,38)/t19-,20-,23+,24+,25+,26+,27+,31+/m1/s1. The number of amides is 3. The van der Waals surface area contributed by atoms with Crippen LogP contribution in [0.2, 0.25) is 5.02 Å². The molecule has 8 atom stereocenters. The molecular weight excluding hydrogens is 544 g/mol. The van der Waals surface area contributed by atoms with Gasteiger partial charge in [0.25, 0.3) is 0 Å². The first-order chi connectivity index (χ1) is 19.8. The van der Waals surface area contributed by atoms with E-state index in [0.717, 1.165) is 45.3 Å². The van der Waals surface area contributed by atoms with Crippen LogP contribution in [0.5, 0.6) is 0 Å². The molecular formula is C31H41ClN4O5. The first kappa shape index (κ1) is 28.6. The second-order valence-corrected chi connectivity index (χ2v) is 12.9. The number of ether oxygens (including phenoxy) is 2. The molecule has 6 rings (SSSR count). The topological polar surface area (TPSA) is 100 Å². The van der Waals surface area contributed by atoms with Gasteiger partial charge in [-0.1, -0.05) is 50.4 Å². The predicted molar refractivity (Wildman–Crippen MR) is 155 cm³/mol. The summed E-state index contributed by atoms with van der Waals surface area (Å²) in [6, 6.07) is 6.12. The summed E-state index contributed by atoms with van der Waals surface area (Å²) in [5, 5.41) is 6.84. The highest BCUT2D eigenvalue weighted by Gasteiger charge is 2.72. The maximum atomic E-state index is 14.2. The number of nitrogens with zero attached hydrogens (tertiary/aromatic N) is 2. The molecule has 3 saturated heterocycles. The van der Waals surface area contributed by atoms with Crippen LogP contribution < -0.4 is 10.6 Å². The highest BCUT2D eigenvalue weighted by atomic mass is 35.5. The summed E-state index contributed by atoms with van der Waals surface area (Å²) in [7, 11) is 0. The van der Waals surface area contributed by atoms with E-state index in [9.17, 15) is 14.4 Å². The molecule has 0 unspecified atom stereocenters. The van der Waals surface area contributed by atoms with Crippen molar-refractivity contribution < 1.29 is 23.9 Å². The van der Waals surface area contributed by atoms with Gasteiger partial charge in [0, 0.05) is 42.9 Å². The molecule has 1 aromatic carbocycles. The van der Waals surface area contributed by atoms with Crippen LogP contribution in [-0.4, -0.2) is 90.7 Å². The Morgan fingerprint density at radius 3 is 2.59 bits per heavy atom. The summed E-state index contributed by atoms with van der Waals surface area (Å²) >= 11 is 6.02. The third kappa shape index (κ3) is 5.31. The van der Waals surface area contributed by atoms with Gasteiger partial charge in [0.1, 0.15) is 11.6 Å². The van der Waals surface area contributed by atoms with Crippen molar-refractivity contribution in [1.82, 2.24) is 15.1 Å². The van der Waals surface area contributed by atoms with Gasteiger partial charge in [0.15, 0.2) is 0 Å². The highest BCUT2D eigenvalue weighted by molar-refractivity contribution is 6.30. The fourth-order valence-corrected chi connectivity index (χ4v) is 7.73. The number of morpholine rings is 1. The molecule has 41 heavy (non-hydrogen) atoms. The molecule has 2 N–H and O–H groups in total. The average Bonchev–Trinajstić information content (AvgIpc) is 3.60. The Balaban J connectivity index is 1.24. The number of carbonyl (C=O) groups excluding carboxylic acids is 3. The Morgan fingerprint density at radius 2 is 1.83 bits per heavy atom. The lowest BCUT2D eigenvalue weighted by Gasteiger charge is -2.38. The monoisotopic (exact) mass is 584 g/mol. The van der Waals surface area contributed by atoms with E-state index in [1.54, 1.807) is 29.2 Å². The van der Waals surface area contributed by atoms with Crippen LogP contribution in [0.3, 0.4) is 0 Å². The van der Waals surface area contributed by atoms with E-state index in [-0.39, 0.29) is 23.8 Å². The van der Waals surface area contributed by atoms with Crippen molar-refractivity contribution in [3.8, 4) is 0 Å². The van der Waals surface area contributed by atoms with Gasteiger partial charge >= 0.3 is 0 Å². The zero-order chi connectivity index (χ0) is 28.7. The fourth-order valence-electron chi connectivity index (χ4n) is 7.60. The Morgan fingerprint density at radius 1 is 1.07 bits per heavy atom. The zero-order valence-electron chi connectivity index (χ0n) is 23.9. The SMILES string of the molecule is C[C@@H]1[C@H](C)CCC[C@@H]1NC(=O)[C@@H]1N(CCCN2CCOCC2)C(=O)[C@@H]2[C@@H](C(=O)Nc3ccc(Cl)cc3)[C@@H]3C=C[C@]21O3. The number of rotatable bonds is 8. The van der Waals surface area contributed by atoms with Crippen LogP contribution in [-0.2, 0) is 23.9 Å². The molecule has 4 aliphatic heterocycles. The van der Waals surface area contributed by atoms with E-state index in [4.69, 9.17) is 21.1 Å². The van der Waals surface area contributed by atoms with Crippen LogP contribution >= 0.6 is 11.6 Å². The number of carbonyl (C=O) groups is 3. The van der Waals surface area contributed by atoms with Gasteiger partial charge in [0.05, 0.1) is 31.2 Å². The van der Waals surface area contributed by atoms with E-state index in [2.05, 4.69) is 29.4 Å². The summed E-state index contributed by atoms with van der Waals surface area (Å²) < 4.78 is 12.0. The number of halogens is 1. The van der Waals surface area contributed by atoms with Crippen molar-refractivity contribution in [2.24, 2.45) is 23.7 Å². The molecule has 10 heteroatoms. The highest BCUT2D eigenvalue weighted by Crippen LogP contribution is 2.55. The summed E-state index contributed by atoms with van der Waals surface area (Å²) in [5.74, 6) is -1.26. The van der Waals surface area contributed by atoms with Crippen LogP contribution in [0, 0.1) is 23.7 Å². The summed E-state index contributed by atoms with van der Waals surface area (Å²) in [5.41, 5.74) is -0.557. The van der Waals surface area contributed by atoms with Crippen molar-refractivity contribution >= 4 is 35.0 Å². The van der Waals surface area contributed by atoms with Crippen molar-refractivity contribution in [1.29, 1.82) is 0 Å². The minimum absolute atomic E-state index is 0.0542. The molecule has 1 aromatic rings. The maximum Gasteiger partial charge on any atom is 0.246 e. The minimum Gasteiger partial charge on any atom is -0.379 e. The number of hydrogen-bond acceptors (Lipinski definition) is 6. The Kier molecular flexibility index (Phi) is 8.15. The summed E-state index contributed by atoms with van der Waals surface area (Å²) in [6.45, 7) is 8.83. The largest absolute Gasteiger partial charge is 0.379 e. The van der Waals surface area contributed by atoms with Crippen LogP contribution in [0.25, 0.3) is 0 Å². The minimum atomic E-state index is -1.16. The summed E-state index contributed by atoms with van der Waals surface area (Å²) in [6.07, 6.45) is 7.07. The van der Waals surface area contributed by atoms with Gasteiger partial charge in [-0.25, -0.2) is 0 Å². The Bertz CT molecular complexity index is 1190. The molecule has 9 nitrogen and oxygen atoms in total. The number of hydrogen-bond donors (Lipinski definition) is 2. The quantitative estimate of drug-likeness (QED) is 0.456. The van der Waals surface area contributed by atoms with E-state index in [1.807, 2.05) is 12.2 Å². The number of anilines is 1. The molecule has 4 heterocycles. The third-order valence-corrected chi connectivity index (χ3v) is 10.3. The van der Waals surface area contributed by atoms with E-state index >= 15 is 0 Å². The van der Waals surface area contributed by atoms with Crippen molar-refractivity contribution in [3.05, 3.63) is 41.4 Å². The summed E-state index contributed by atoms with van der Waals surface area (Å²) in [4.78, 5) is 46.0. The molecule has 1 spiro atoms. The van der Waals surface area contributed by atoms with Gasteiger partial charge < -0.3 is 25.0 Å². The second kappa shape index (κ2) is 11.7. The van der Waals surface area contributed by atoms with Gasteiger partial charge in [-0.3, -0.25) is 19.3 Å². The normalized spacial score (nSPS) is 36.4. The number of benzene rings is 1. The van der Waals surface area contributed by atoms with Crippen LogP contribution in [0.1, 0.15) is 39.5 Å². The molecule has 3 amide bonds. The average molecular weight is 585 g/mol. The Labute approximate surface area is 246 Å². The van der Waals surface area contributed by atoms with Crippen molar-refractivity contribution in [2.75, 3.05) is 44.7 Å². The lowest BCUT2D eigenvalue weighted by Crippen LogP contribution is -2.58.